The van der Waals surface area contributed by atoms with Gasteiger partial charge in [-0.25, -0.2) is 0 Å². The average molecular weight is 1900 g/mol. The number of Topliss-reactive ketones (excluding diaryl/α,β-unsaturated/α-hetero) is 2. The van der Waals surface area contributed by atoms with E-state index in [1.54, 1.807) is 103 Å². The Labute approximate surface area is 800 Å². The zero-order valence-electron chi connectivity index (χ0n) is 75.6. The number of aromatic hydroxyl groups is 5. The molecule has 6 N–H and O–H groups in total. The number of phenols is 5. The predicted molar refractivity (Wildman–Crippen MR) is 538 cm³/mol. The fourth-order valence-electron chi connectivity index (χ4n) is 14.6. The molecule has 2 aromatic heterocycles. The maximum atomic E-state index is 12.5. The van der Waals surface area contributed by atoms with Crippen LogP contribution in [-0.2, 0) is 37.0 Å². The molecule has 0 bridgehead atoms. The number of phenolic OH excluding ortho intramolecular Hbond substituents is 5. The molecule has 17 rings (SSSR count). The highest BCUT2D eigenvalue weighted by atomic mass is 79.9. The first-order chi connectivity index (χ1) is 64.6. The highest BCUT2D eigenvalue weighted by Crippen LogP contribution is 2.41. The van der Waals surface area contributed by atoms with Gasteiger partial charge in [-0.2, -0.15) is 0 Å². The highest BCUT2D eigenvalue weighted by Gasteiger charge is 2.38. The average Bonchev–Trinajstić information content (AvgIpc) is 1.09. The number of benzene rings is 11. The second-order valence-corrected chi connectivity index (χ2v) is 34.1. The Balaban J connectivity index is 0.000000160. The first kappa shape index (κ1) is 102. The van der Waals surface area contributed by atoms with Crippen LogP contribution in [0.5, 0.6) is 51.7 Å². The zero-order valence-corrected chi connectivity index (χ0v) is 78.7. The van der Waals surface area contributed by atoms with E-state index in [0.717, 1.165) is 57.1 Å². The Kier molecular flexibility index (Phi) is 39.0. The molecule has 2 aliphatic carbocycles. The van der Waals surface area contributed by atoms with Crippen LogP contribution in [0.4, 0.5) is 0 Å². The second kappa shape index (κ2) is 51.4. The largest absolute Gasteiger partial charge is 0.508 e. The molecule has 0 fully saturated rings. The number of fused-ring (bicyclic) bond motifs is 5. The smallest absolute Gasteiger partial charge is 0.326 e. The lowest BCUT2D eigenvalue weighted by Gasteiger charge is -2.22. The monoisotopic (exact) mass is 1890 g/mol. The topological polar surface area (TPSA) is 258 Å². The fraction of sp³-hybridized carbons (Fsp3) is 0.205. The molecule has 11 aromatic carbocycles. The van der Waals surface area contributed by atoms with Crippen molar-refractivity contribution in [3.8, 4) is 112 Å². The van der Waals surface area contributed by atoms with Crippen molar-refractivity contribution in [1.29, 1.82) is 0 Å². The van der Waals surface area contributed by atoms with Gasteiger partial charge in [0.15, 0.2) is 28.8 Å². The summed E-state index contributed by atoms with van der Waals surface area (Å²) in [5.41, 5.74) is 13.0. The number of ether oxygens (including phenoxy) is 4. The molecular formula is C112H106BrClN4O15S. The minimum atomic E-state index is -0.937. The number of hydrogen-bond donors (Lipinski definition) is 6. The lowest BCUT2D eigenvalue weighted by atomic mass is 9.88. The molecule has 0 amide bonds. The SMILES string of the molecule is C#CCN(C)Cc1ccccc1.C#CCN(C)[C@@H](C)Cc1ccccc1.C#CCN(C)[C@H](C)Cc1ccccc1.C#CCN[C@@H]1CCc2ccccc21.COc1ccc(-c2coc3cc(O)cc(O)c3c2=O)cc1.Cc1ccc(C2C(=O)Oc3cc(O)ccc3C2=O)cc1.O=C(/C=C/c1cc(Cl)c2c(c1)OCCO2)c1ccc(O)cc1.O=C1/C(=C/c2cc(Br)cs2)Cc2c(O)cccc21. The third-order valence-corrected chi connectivity index (χ3v) is 23.8. The maximum Gasteiger partial charge on any atom is 0.326 e. The quantitative estimate of drug-likeness (QED) is 0.0103. The summed E-state index contributed by atoms with van der Waals surface area (Å²) in [4.78, 5) is 68.7. The van der Waals surface area contributed by atoms with Gasteiger partial charge in [0.25, 0.3) is 0 Å². The summed E-state index contributed by atoms with van der Waals surface area (Å²) in [6.45, 7) is 11.0. The first-order valence-corrected chi connectivity index (χ1v) is 45.2. The number of likely N-dealkylation sites (N-methyl/N-ethyl adjacent to an activating group) is 2. The molecule has 13 aromatic rings. The van der Waals surface area contributed by atoms with E-state index in [1.807, 2.05) is 74.0 Å². The normalized spacial score (nSPS) is 14.0. The van der Waals surface area contributed by atoms with Crippen LogP contribution in [0, 0.1) is 56.3 Å². The van der Waals surface area contributed by atoms with Crippen molar-refractivity contribution in [2.75, 3.05) is 67.6 Å². The number of nitrogens with one attached hydrogen (secondary N) is 1. The van der Waals surface area contributed by atoms with E-state index in [-0.39, 0.29) is 68.2 Å². The van der Waals surface area contributed by atoms with E-state index in [0.29, 0.717) is 120 Å². The molecule has 4 heterocycles. The number of hydrogen-bond acceptors (Lipinski definition) is 20. The third-order valence-electron chi connectivity index (χ3n) is 21.9. The van der Waals surface area contributed by atoms with Crippen LogP contribution in [0.3, 0.4) is 0 Å². The number of halogens is 2. The standard InChI is InChI=1S/C17H13ClO4.C16H12O5.C16H12O4.C14H9BrO2S.2C13H17N.C12H13N.C11H13N/c18-14-9-11(10-16-17(14)22-8-7-21-16)1-6-15(20)12-2-4-13(19)5-3-12;1-20-11-4-2-9(3-5-11)12-8-21-14-7-10(17)6-13(18)15(14)16(12)19;1-9-2-4-10(5-3-9)14-15(18)12-7-6-11(17)8-13(12)20-16(14)19;15-9-6-10(18-7-9)4-8-5-12-11(14(8)17)2-1-3-13(12)16;2*1-4-10-14(3)12(2)11-13-8-6-5-7-9-13;1-2-9-13-12-8-7-10-5-3-4-6-11(10)12;1-3-9-12(2)10-11-7-5-4-6-8-11/h1-6,9-10,19H,7-8H2;2-8,17-18H,1H3;2-8,14,17H,1H3;1-4,6-7,16H,5H2;2*1,5-9,12H,10-11H2,2-3H3;1,3-6,12-13H,7-9H2;1,4-8H,9-10H2,2H3/b6-1+;;;8-4+;;;;/t;;;;3*12-;/m....101./s1. The van der Waals surface area contributed by atoms with E-state index in [1.165, 1.54) is 89.4 Å². The molecule has 0 saturated carbocycles. The Bertz CT molecular complexity index is 6390. The summed E-state index contributed by atoms with van der Waals surface area (Å²) in [5, 5.41) is 53.4. The summed E-state index contributed by atoms with van der Waals surface area (Å²) in [5.74, 6) is 10.3. The Morgan fingerprint density at radius 3 is 1.84 bits per heavy atom. The molecule has 134 heavy (non-hydrogen) atoms. The number of terminal acetylenes is 4. The molecule has 684 valence electrons. The lowest BCUT2D eigenvalue weighted by Crippen LogP contribution is -2.31. The zero-order chi connectivity index (χ0) is 96.2. The number of carbonyl (C=O) groups is 4. The number of carbonyl (C=O) groups excluding carboxylic acids is 4. The van der Waals surface area contributed by atoms with Crippen molar-refractivity contribution >= 4 is 85.3 Å². The van der Waals surface area contributed by atoms with E-state index in [4.69, 9.17) is 60.7 Å². The van der Waals surface area contributed by atoms with Gasteiger partial charge in [0.1, 0.15) is 76.6 Å². The summed E-state index contributed by atoms with van der Waals surface area (Å²) in [6.07, 6.45) is 32.3. The second-order valence-electron chi connectivity index (χ2n) is 31.8. The molecule has 2 aliphatic heterocycles. The van der Waals surface area contributed by atoms with E-state index in [9.17, 15) is 49.5 Å². The molecule has 22 heteroatoms. The van der Waals surface area contributed by atoms with E-state index < -0.39 is 11.9 Å². The van der Waals surface area contributed by atoms with Crippen LogP contribution in [0.15, 0.2) is 292 Å². The van der Waals surface area contributed by atoms with Crippen molar-refractivity contribution in [2.24, 2.45) is 0 Å². The fourth-order valence-corrected chi connectivity index (χ4v) is 16.2. The van der Waals surface area contributed by atoms with Crippen LogP contribution in [0.25, 0.3) is 34.2 Å². The van der Waals surface area contributed by atoms with Gasteiger partial charge in [0.05, 0.1) is 49.4 Å². The Morgan fingerprint density at radius 1 is 0.627 bits per heavy atom. The molecule has 0 spiro atoms. The van der Waals surface area contributed by atoms with Gasteiger partial charge in [-0.1, -0.05) is 211 Å². The van der Waals surface area contributed by atoms with Crippen LogP contribution >= 0.6 is 38.9 Å². The number of nitrogens with zero attached hydrogens (tertiary/aromatic N) is 3. The van der Waals surface area contributed by atoms with Crippen LogP contribution < -0.4 is 29.7 Å². The molecule has 1 unspecified atom stereocenters. The van der Waals surface area contributed by atoms with Crippen LogP contribution in [0.2, 0.25) is 5.02 Å². The highest BCUT2D eigenvalue weighted by molar-refractivity contribution is 9.10. The predicted octanol–water partition coefficient (Wildman–Crippen LogP) is 21.2. The number of rotatable bonds is 20. The number of methoxy groups -OCH3 is 1. The third kappa shape index (κ3) is 29.8. The minimum absolute atomic E-state index is 0.0189. The number of thiophene rings is 1. The van der Waals surface area contributed by atoms with Crippen LogP contribution in [-0.4, -0.2) is 143 Å². The van der Waals surface area contributed by atoms with Gasteiger partial charge in [0, 0.05) is 86.3 Å². The van der Waals surface area contributed by atoms with E-state index in [2.05, 4.69) is 173 Å². The van der Waals surface area contributed by atoms with Crippen molar-refractivity contribution in [2.45, 2.75) is 83.5 Å². The van der Waals surface area contributed by atoms with Crippen molar-refractivity contribution < 1.29 is 68.1 Å². The summed E-state index contributed by atoms with van der Waals surface area (Å²) in [7, 11) is 7.71. The van der Waals surface area contributed by atoms with Gasteiger partial charge in [-0.3, -0.25) is 44.0 Å². The van der Waals surface area contributed by atoms with Gasteiger partial charge in [-0.15, -0.1) is 37.0 Å². The van der Waals surface area contributed by atoms with Gasteiger partial charge in [-0.05, 0) is 213 Å². The summed E-state index contributed by atoms with van der Waals surface area (Å²) in [6, 6.07) is 78.7. The van der Waals surface area contributed by atoms with Gasteiger partial charge >= 0.3 is 5.97 Å². The number of esters is 1. The number of allylic oxidation sites excluding steroid dienone is 2. The minimum Gasteiger partial charge on any atom is -0.508 e. The molecule has 0 saturated heterocycles. The molecular weight excluding hydrogens is 1790 g/mol. The number of ketones is 3. The van der Waals surface area contributed by atoms with Crippen molar-refractivity contribution in [3.63, 3.8) is 0 Å². The molecule has 4 aliphatic rings. The summed E-state index contributed by atoms with van der Waals surface area (Å²) >= 11 is 11.1. The molecule has 19 nitrogen and oxygen atoms in total. The lowest BCUT2D eigenvalue weighted by molar-refractivity contribution is -0.135. The van der Waals surface area contributed by atoms with E-state index >= 15 is 0 Å². The Morgan fingerprint density at radius 2 is 1.24 bits per heavy atom. The molecule has 4 atom stereocenters. The van der Waals surface area contributed by atoms with Crippen molar-refractivity contribution in [1.82, 2.24) is 20.0 Å². The van der Waals surface area contributed by atoms with Gasteiger partial charge < -0.3 is 48.9 Å². The van der Waals surface area contributed by atoms with Crippen LogP contribution in [0.1, 0.15) is 118 Å². The van der Waals surface area contributed by atoms with Gasteiger partial charge in [0.2, 0.25) is 5.43 Å². The van der Waals surface area contributed by atoms with Crippen molar-refractivity contribution in [3.05, 3.63) is 369 Å². The first-order valence-electron chi connectivity index (χ1n) is 43.1. The summed E-state index contributed by atoms with van der Waals surface area (Å²) < 4.78 is 27.5. The number of aryl methyl sites for hydroxylation is 2. The molecule has 0 radical (unpaired) electrons. The maximum absolute atomic E-state index is 12.5. The Hall–Kier alpha value is -14.5.